The van der Waals surface area contributed by atoms with E-state index >= 15 is 0 Å². The summed E-state index contributed by atoms with van der Waals surface area (Å²) in [5.74, 6) is 2.26. The van der Waals surface area contributed by atoms with Gasteiger partial charge in [-0.2, -0.15) is 5.10 Å². The summed E-state index contributed by atoms with van der Waals surface area (Å²) in [6.45, 7) is 9.00. The van der Waals surface area contributed by atoms with Gasteiger partial charge in [-0.25, -0.2) is 0 Å². The fraction of sp³-hybridized carbons (Fsp3) is 0.541. The lowest BCUT2D eigenvalue weighted by molar-refractivity contribution is -0.124. The molecule has 0 spiro atoms. The van der Waals surface area contributed by atoms with Crippen molar-refractivity contribution in [1.29, 1.82) is 0 Å². The minimum Gasteiger partial charge on any atom is -0.496 e. The van der Waals surface area contributed by atoms with Gasteiger partial charge in [0.2, 0.25) is 11.8 Å². The van der Waals surface area contributed by atoms with E-state index in [-0.39, 0.29) is 23.8 Å². The fourth-order valence-electron chi connectivity index (χ4n) is 7.07. The maximum Gasteiger partial charge on any atom is 0.230 e. The molecule has 0 atom stereocenters. The molecule has 0 saturated heterocycles. The number of benzene rings is 2. The van der Waals surface area contributed by atoms with Gasteiger partial charge in [0, 0.05) is 48.4 Å². The lowest BCUT2D eigenvalue weighted by Crippen LogP contribution is -2.44. The third kappa shape index (κ3) is 7.54. The Hall–Kier alpha value is -3.61. The molecule has 1 N–H and O–H groups in total. The van der Waals surface area contributed by atoms with Crippen molar-refractivity contribution in [2.75, 3.05) is 18.6 Å². The second-order valence-corrected chi connectivity index (χ2v) is 13.2. The maximum atomic E-state index is 14.3. The summed E-state index contributed by atoms with van der Waals surface area (Å²) in [6, 6.07) is 15.5. The van der Waals surface area contributed by atoms with Gasteiger partial charge in [0.25, 0.3) is 0 Å². The molecule has 7 heteroatoms. The molecule has 0 bridgehead atoms. The standard InChI is InChI=1S/C37H50N4O3/c1-6-36(42)39-33-17-14-29(15-18-33)37(43)40(34-9-7-8-30(21-34)32-22-38-41(24-32)25(2)3)23-27-10-12-28(13-11-27)31-16-19-35(44-5)26(4)20-31/h7-9,16,19-22,24-25,27-29,33H,6,10-15,17-18,23H2,1-5H3,(H,39,42). The van der Waals surface area contributed by atoms with Crippen LogP contribution in [0.2, 0.25) is 0 Å². The highest BCUT2D eigenvalue weighted by molar-refractivity contribution is 5.95. The molecular weight excluding hydrogens is 548 g/mol. The van der Waals surface area contributed by atoms with E-state index in [1.165, 1.54) is 11.1 Å². The first-order chi connectivity index (χ1) is 21.2. The number of hydrogen-bond acceptors (Lipinski definition) is 4. The smallest absolute Gasteiger partial charge is 0.230 e. The van der Waals surface area contributed by atoms with Gasteiger partial charge in [-0.3, -0.25) is 14.3 Å². The molecular formula is C37H50N4O3. The first kappa shape index (κ1) is 31.8. The van der Waals surface area contributed by atoms with Crippen LogP contribution in [0.25, 0.3) is 11.1 Å². The van der Waals surface area contributed by atoms with Crippen molar-refractivity contribution in [3.63, 3.8) is 0 Å². The molecule has 0 unspecified atom stereocenters. The molecule has 7 nitrogen and oxygen atoms in total. The third-order valence-corrected chi connectivity index (χ3v) is 9.83. The van der Waals surface area contributed by atoms with Gasteiger partial charge in [0.15, 0.2) is 0 Å². The Labute approximate surface area is 263 Å². The number of hydrogen-bond donors (Lipinski definition) is 1. The Morgan fingerprint density at radius 3 is 2.39 bits per heavy atom. The molecule has 3 aromatic rings. The van der Waals surface area contributed by atoms with Gasteiger partial charge in [0.1, 0.15) is 5.75 Å². The second kappa shape index (κ2) is 14.4. The van der Waals surface area contributed by atoms with Crippen LogP contribution in [0, 0.1) is 18.8 Å². The Bertz CT molecular complexity index is 1410. The van der Waals surface area contributed by atoms with Crippen molar-refractivity contribution in [3.8, 4) is 16.9 Å². The van der Waals surface area contributed by atoms with Crippen LogP contribution in [0.5, 0.6) is 5.75 Å². The Balaban J connectivity index is 1.32. The molecule has 2 aliphatic carbocycles. The highest BCUT2D eigenvalue weighted by atomic mass is 16.5. The molecule has 44 heavy (non-hydrogen) atoms. The minimum atomic E-state index is -0.0178. The topological polar surface area (TPSA) is 76.5 Å². The molecule has 2 aromatic carbocycles. The van der Waals surface area contributed by atoms with Crippen molar-refractivity contribution in [2.24, 2.45) is 11.8 Å². The van der Waals surface area contributed by atoms with Crippen molar-refractivity contribution < 1.29 is 14.3 Å². The number of amides is 2. The summed E-state index contributed by atoms with van der Waals surface area (Å²) in [5, 5.41) is 7.69. The zero-order chi connectivity index (χ0) is 31.2. The predicted octanol–water partition coefficient (Wildman–Crippen LogP) is 7.84. The highest BCUT2D eigenvalue weighted by Crippen LogP contribution is 2.39. The minimum absolute atomic E-state index is 0.0178. The predicted molar refractivity (Wildman–Crippen MR) is 177 cm³/mol. The summed E-state index contributed by atoms with van der Waals surface area (Å²) in [4.78, 5) is 28.3. The van der Waals surface area contributed by atoms with Gasteiger partial charge >= 0.3 is 0 Å². The number of nitrogens with zero attached hydrogens (tertiary/aromatic N) is 3. The zero-order valence-electron chi connectivity index (χ0n) is 27.2. The van der Waals surface area contributed by atoms with Gasteiger partial charge in [0.05, 0.1) is 13.3 Å². The lowest BCUT2D eigenvalue weighted by Gasteiger charge is -2.36. The average molecular weight is 599 g/mol. The fourth-order valence-corrected chi connectivity index (χ4v) is 7.07. The number of nitrogens with one attached hydrogen (secondary N) is 1. The molecule has 1 aromatic heterocycles. The Morgan fingerprint density at radius 1 is 1.00 bits per heavy atom. The maximum absolute atomic E-state index is 14.3. The van der Waals surface area contributed by atoms with E-state index in [0.29, 0.717) is 24.3 Å². The summed E-state index contributed by atoms with van der Waals surface area (Å²) in [6.07, 6.45) is 12.3. The largest absolute Gasteiger partial charge is 0.496 e. The molecule has 2 aliphatic rings. The number of ether oxygens (including phenoxy) is 1. The van der Waals surface area contributed by atoms with E-state index in [4.69, 9.17) is 4.74 Å². The van der Waals surface area contributed by atoms with Crippen LogP contribution in [0.3, 0.4) is 0 Å². The number of aryl methyl sites for hydroxylation is 1. The molecule has 1 heterocycles. The normalized spacial score (nSPS) is 22.0. The first-order valence-corrected chi connectivity index (χ1v) is 16.7. The van der Waals surface area contributed by atoms with E-state index < -0.39 is 0 Å². The number of carbonyl (C=O) groups excluding carboxylic acids is 2. The highest BCUT2D eigenvalue weighted by Gasteiger charge is 2.33. The van der Waals surface area contributed by atoms with E-state index in [9.17, 15) is 9.59 Å². The molecule has 0 aliphatic heterocycles. The average Bonchev–Trinajstić information content (AvgIpc) is 3.55. The van der Waals surface area contributed by atoms with E-state index in [0.717, 1.165) is 80.5 Å². The lowest BCUT2D eigenvalue weighted by atomic mass is 9.78. The van der Waals surface area contributed by atoms with Crippen LogP contribution in [0.1, 0.15) is 102 Å². The Morgan fingerprint density at radius 2 is 1.75 bits per heavy atom. The molecule has 5 rings (SSSR count). The second-order valence-electron chi connectivity index (χ2n) is 13.2. The van der Waals surface area contributed by atoms with E-state index in [1.807, 2.05) is 17.8 Å². The van der Waals surface area contributed by atoms with E-state index in [2.05, 4.69) is 84.7 Å². The quantitative estimate of drug-likeness (QED) is 0.258. The zero-order valence-corrected chi connectivity index (χ0v) is 27.2. The number of rotatable bonds is 10. The van der Waals surface area contributed by atoms with Crippen molar-refractivity contribution in [2.45, 2.75) is 103 Å². The number of aromatic nitrogens is 2. The van der Waals surface area contributed by atoms with Crippen molar-refractivity contribution in [1.82, 2.24) is 15.1 Å². The number of methoxy groups -OCH3 is 1. The third-order valence-electron chi connectivity index (χ3n) is 9.83. The van der Waals surface area contributed by atoms with Crippen LogP contribution < -0.4 is 15.0 Å². The van der Waals surface area contributed by atoms with Crippen LogP contribution in [-0.4, -0.2) is 41.3 Å². The van der Waals surface area contributed by atoms with Gasteiger partial charge in [-0.05, 0) is 119 Å². The van der Waals surface area contributed by atoms with Gasteiger partial charge < -0.3 is 15.0 Å². The van der Waals surface area contributed by atoms with Gasteiger partial charge in [-0.1, -0.05) is 31.2 Å². The summed E-state index contributed by atoms with van der Waals surface area (Å²) >= 11 is 0. The molecule has 2 saturated carbocycles. The summed E-state index contributed by atoms with van der Waals surface area (Å²) < 4.78 is 7.45. The van der Waals surface area contributed by atoms with E-state index in [1.54, 1.807) is 7.11 Å². The SMILES string of the molecule is CCC(=O)NC1CCC(C(=O)N(CC2CCC(c3ccc(OC)c(C)c3)CC2)c2cccc(-c3cnn(C(C)C)c3)c2)CC1. The number of anilines is 1. The summed E-state index contributed by atoms with van der Waals surface area (Å²) in [5.41, 5.74) is 5.70. The summed E-state index contributed by atoms with van der Waals surface area (Å²) in [7, 11) is 1.73. The van der Waals surface area contributed by atoms with Crippen molar-refractivity contribution in [3.05, 3.63) is 66.0 Å². The molecule has 0 radical (unpaired) electrons. The molecule has 236 valence electrons. The Kier molecular flexibility index (Phi) is 10.4. The van der Waals surface area contributed by atoms with Crippen LogP contribution in [0.4, 0.5) is 5.69 Å². The van der Waals surface area contributed by atoms with Crippen LogP contribution in [-0.2, 0) is 9.59 Å². The van der Waals surface area contributed by atoms with Crippen molar-refractivity contribution >= 4 is 17.5 Å². The number of carbonyl (C=O) groups is 2. The van der Waals surface area contributed by atoms with Crippen LogP contribution in [0.15, 0.2) is 54.9 Å². The molecule has 2 amide bonds. The molecule has 2 fully saturated rings. The monoisotopic (exact) mass is 598 g/mol. The van der Waals surface area contributed by atoms with Gasteiger partial charge in [-0.15, -0.1) is 0 Å². The van der Waals surface area contributed by atoms with Crippen LogP contribution >= 0.6 is 0 Å². The first-order valence-electron chi connectivity index (χ1n) is 16.7.